The fourth-order valence-electron chi connectivity index (χ4n) is 2.65. The standard InChI is InChI=1S/C19H16F2N4O3S2/c1-28-16-6-5-14(20)13(17(16)21)7-8-22-18(29)24-19-23-15(10-30-19)11-3-2-4-12(9-11)25(26)27/h2-6,9-10H,7-8H2,1H3,(H2,22,23,24,29). The highest BCUT2D eigenvalue weighted by atomic mass is 32.1. The van der Waals surface area contributed by atoms with E-state index in [-0.39, 0.29) is 35.1 Å². The van der Waals surface area contributed by atoms with Crippen LogP contribution in [0.15, 0.2) is 41.8 Å². The fourth-order valence-corrected chi connectivity index (χ4v) is 3.64. The lowest BCUT2D eigenvalue weighted by molar-refractivity contribution is -0.384. The summed E-state index contributed by atoms with van der Waals surface area (Å²) >= 11 is 6.46. The maximum Gasteiger partial charge on any atom is 0.270 e. The topological polar surface area (TPSA) is 89.3 Å². The Hall–Kier alpha value is -3.18. The van der Waals surface area contributed by atoms with Crippen LogP contribution in [-0.4, -0.2) is 28.7 Å². The van der Waals surface area contributed by atoms with Crippen molar-refractivity contribution < 1.29 is 18.4 Å². The minimum Gasteiger partial charge on any atom is -0.494 e. The maximum absolute atomic E-state index is 14.2. The molecule has 0 saturated carbocycles. The Morgan fingerprint density at radius 1 is 1.33 bits per heavy atom. The van der Waals surface area contributed by atoms with E-state index < -0.39 is 16.6 Å². The van der Waals surface area contributed by atoms with E-state index in [1.807, 2.05) is 0 Å². The van der Waals surface area contributed by atoms with Crippen LogP contribution in [0.3, 0.4) is 0 Å². The van der Waals surface area contributed by atoms with Crippen LogP contribution in [0.2, 0.25) is 0 Å². The summed E-state index contributed by atoms with van der Waals surface area (Å²) in [6.07, 6.45) is 0.0630. The normalized spacial score (nSPS) is 10.5. The largest absolute Gasteiger partial charge is 0.494 e. The molecule has 0 aliphatic rings. The Kier molecular flexibility index (Phi) is 6.85. The zero-order valence-electron chi connectivity index (χ0n) is 15.6. The number of methoxy groups -OCH3 is 1. The molecule has 0 aliphatic carbocycles. The molecule has 1 heterocycles. The first-order chi connectivity index (χ1) is 14.4. The number of rotatable bonds is 7. The van der Waals surface area contributed by atoms with Crippen molar-refractivity contribution in [3.8, 4) is 17.0 Å². The first-order valence-corrected chi connectivity index (χ1v) is 9.94. The average Bonchev–Trinajstić information content (AvgIpc) is 3.19. The lowest BCUT2D eigenvalue weighted by Crippen LogP contribution is -2.30. The number of nitro groups is 1. The van der Waals surface area contributed by atoms with Crippen molar-refractivity contribution in [1.29, 1.82) is 0 Å². The Morgan fingerprint density at radius 2 is 2.13 bits per heavy atom. The molecule has 3 rings (SSSR count). The minimum atomic E-state index is -0.736. The van der Waals surface area contributed by atoms with Crippen molar-refractivity contribution in [2.75, 3.05) is 19.0 Å². The molecule has 0 saturated heterocycles. The van der Waals surface area contributed by atoms with Crippen LogP contribution in [0.4, 0.5) is 19.6 Å². The van der Waals surface area contributed by atoms with Crippen LogP contribution < -0.4 is 15.4 Å². The number of nitrogens with one attached hydrogen (secondary N) is 2. The summed E-state index contributed by atoms with van der Waals surface area (Å²) in [6, 6.07) is 8.53. The van der Waals surface area contributed by atoms with Gasteiger partial charge in [0.15, 0.2) is 21.8 Å². The van der Waals surface area contributed by atoms with E-state index in [1.54, 1.807) is 17.5 Å². The summed E-state index contributed by atoms with van der Waals surface area (Å²) in [5, 5.41) is 19.1. The summed E-state index contributed by atoms with van der Waals surface area (Å²) in [4.78, 5) is 14.8. The number of hydrogen-bond donors (Lipinski definition) is 2. The number of aromatic nitrogens is 1. The summed E-state index contributed by atoms with van der Waals surface area (Å²) in [6.45, 7) is 0.190. The molecule has 2 N–H and O–H groups in total. The zero-order valence-corrected chi connectivity index (χ0v) is 17.3. The molecule has 0 atom stereocenters. The van der Waals surface area contributed by atoms with Gasteiger partial charge in [-0.1, -0.05) is 12.1 Å². The third-order valence-electron chi connectivity index (χ3n) is 4.11. The van der Waals surface area contributed by atoms with Crippen LogP contribution in [0.25, 0.3) is 11.3 Å². The van der Waals surface area contributed by atoms with Crippen molar-refractivity contribution in [1.82, 2.24) is 10.3 Å². The van der Waals surface area contributed by atoms with Gasteiger partial charge >= 0.3 is 0 Å². The summed E-state index contributed by atoms with van der Waals surface area (Å²) in [5.41, 5.74) is 1.06. The van der Waals surface area contributed by atoms with Crippen LogP contribution in [0.5, 0.6) is 5.75 Å². The quantitative estimate of drug-likeness (QED) is 0.310. The van der Waals surface area contributed by atoms with Crippen molar-refractivity contribution in [3.63, 3.8) is 0 Å². The van der Waals surface area contributed by atoms with Gasteiger partial charge in [0.05, 0.1) is 17.7 Å². The second-order valence-corrected chi connectivity index (χ2v) is 7.28. The lowest BCUT2D eigenvalue weighted by Gasteiger charge is -2.11. The summed E-state index contributed by atoms with van der Waals surface area (Å²) in [7, 11) is 1.31. The van der Waals surface area contributed by atoms with Gasteiger partial charge in [0, 0.05) is 35.2 Å². The van der Waals surface area contributed by atoms with E-state index in [0.717, 1.165) is 6.07 Å². The highest BCUT2D eigenvalue weighted by Crippen LogP contribution is 2.27. The molecule has 0 amide bonds. The molecule has 0 radical (unpaired) electrons. The van der Waals surface area contributed by atoms with E-state index in [2.05, 4.69) is 15.6 Å². The van der Waals surface area contributed by atoms with E-state index in [1.165, 1.54) is 36.6 Å². The SMILES string of the molecule is COc1ccc(F)c(CCNC(=S)Nc2nc(-c3cccc([N+](=O)[O-])c3)cs2)c1F. The lowest BCUT2D eigenvalue weighted by atomic mass is 10.1. The fraction of sp³-hybridized carbons (Fsp3) is 0.158. The van der Waals surface area contributed by atoms with Crippen molar-refractivity contribution in [2.24, 2.45) is 0 Å². The smallest absolute Gasteiger partial charge is 0.270 e. The third kappa shape index (κ3) is 5.05. The van der Waals surface area contributed by atoms with Gasteiger partial charge in [-0.05, 0) is 30.8 Å². The second kappa shape index (κ2) is 9.55. The van der Waals surface area contributed by atoms with E-state index in [4.69, 9.17) is 17.0 Å². The molecule has 0 aliphatic heterocycles. The van der Waals surface area contributed by atoms with Crippen LogP contribution in [0.1, 0.15) is 5.56 Å². The molecule has 2 aromatic carbocycles. The molecule has 7 nitrogen and oxygen atoms in total. The minimum absolute atomic E-state index is 0.0239. The molecule has 156 valence electrons. The molecule has 0 unspecified atom stereocenters. The molecular weight excluding hydrogens is 434 g/mol. The molecule has 3 aromatic rings. The third-order valence-corrected chi connectivity index (χ3v) is 5.11. The molecular formula is C19H16F2N4O3S2. The number of benzene rings is 2. The van der Waals surface area contributed by atoms with Crippen LogP contribution in [0, 0.1) is 21.7 Å². The van der Waals surface area contributed by atoms with Crippen molar-refractivity contribution in [3.05, 3.63) is 69.1 Å². The average molecular weight is 450 g/mol. The van der Waals surface area contributed by atoms with E-state index in [0.29, 0.717) is 16.4 Å². The van der Waals surface area contributed by atoms with Crippen LogP contribution >= 0.6 is 23.6 Å². The number of nitro benzene ring substituents is 1. The van der Waals surface area contributed by atoms with Crippen molar-refractivity contribution >= 4 is 39.5 Å². The van der Waals surface area contributed by atoms with E-state index >= 15 is 0 Å². The van der Waals surface area contributed by atoms with Gasteiger partial charge in [0.25, 0.3) is 5.69 Å². The van der Waals surface area contributed by atoms with Gasteiger partial charge in [-0.15, -0.1) is 11.3 Å². The Labute approximate surface area is 179 Å². The van der Waals surface area contributed by atoms with Crippen molar-refractivity contribution in [2.45, 2.75) is 6.42 Å². The number of non-ortho nitro benzene ring substituents is 1. The molecule has 30 heavy (non-hydrogen) atoms. The second-order valence-electron chi connectivity index (χ2n) is 6.02. The van der Waals surface area contributed by atoms with Gasteiger partial charge in [0.1, 0.15) is 5.82 Å². The Morgan fingerprint density at radius 3 is 2.87 bits per heavy atom. The molecule has 0 fully saturated rings. The molecule has 11 heteroatoms. The van der Waals surface area contributed by atoms with Gasteiger partial charge in [0.2, 0.25) is 0 Å². The van der Waals surface area contributed by atoms with Gasteiger partial charge in [-0.3, -0.25) is 10.1 Å². The first kappa shape index (κ1) is 21.5. The monoisotopic (exact) mass is 450 g/mol. The number of halogens is 2. The number of hydrogen-bond acceptors (Lipinski definition) is 6. The molecule has 0 bridgehead atoms. The van der Waals surface area contributed by atoms with E-state index in [9.17, 15) is 18.9 Å². The molecule has 0 spiro atoms. The highest BCUT2D eigenvalue weighted by Gasteiger charge is 2.14. The van der Waals surface area contributed by atoms with Gasteiger partial charge in [-0.25, -0.2) is 13.8 Å². The summed E-state index contributed by atoms with van der Waals surface area (Å²) < 4.78 is 32.9. The predicted molar refractivity (Wildman–Crippen MR) is 115 cm³/mol. The number of thiazole rings is 1. The molecule has 1 aromatic heterocycles. The van der Waals surface area contributed by atoms with Gasteiger partial charge in [-0.2, -0.15) is 0 Å². The van der Waals surface area contributed by atoms with Gasteiger partial charge < -0.3 is 15.4 Å². The first-order valence-electron chi connectivity index (χ1n) is 8.65. The van der Waals surface area contributed by atoms with Crippen LogP contribution in [-0.2, 0) is 6.42 Å². The highest BCUT2D eigenvalue weighted by molar-refractivity contribution is 7.80. The number of anilines is 1. The zero-order chi connectivity index (χ0) is 21.7. The maximum atomic E-state index is 14.2. The summed E-state index contributed by atoms with van der Waals surface area (Å²) in [5.74, 6) is -1.42. The number of thiocarbonyl (C=S) groups is 1. The number of ether oxygens (including phenoxy) is 1. The number of nitrogens with zero attached hydrogens (tertiary/aromatic N) is 2. The predicted octanol–water partition coefficient (Wildman–Crippen LogP) is 4.53. The Bertz CT molecular complexity index is 1090. The Balaban J connectivity index is 1.58.